The normalized spacial score (nSPS) is 16.7. The Morgan fingerprint density at radius 3 is 2.33 bits per heavy atom. The maximum absolute atomic E-state index is 11.8. The minimum absolute atomic E-state index is 0.0527. The van der Waals surface area contributed by atoms with Crippen LogP contribution in [-0.4, -0.2) is 13.1 Å². The van der Waals surface area contributed by atoms with Crippen LogP contribution in [0.5, 0.6) is 0 Å². The van der Waals surface area contributed by atoms with Crippen LogP contribution in [0.1, 0.15) is 43.7 Å². The third-order valence-corrected chi connectivity index (χ3v) is 3.53. The Balaban J connectivity index is 2.13. The van der Waals surface area contributed by atoms with E-state index >= 15 is 0 Å². The van der Waals surface area contributed by atoms with E-state index in [9.17, 15) is 4.79 Å². The number of ether oxygens (including phenoxy) is 1. The van der Waals surface area contributed by atoms with Crippen LogP contribution in [0.2, 0.25) is 0 Å². The van der Waals surface area contributed by atoms with Crippen molar-refractivity contribution < 1.29 is 9.53 Å². The standard InChI is InChI=1S/C16H22O2/c1-11(2)10-12-4-6-13(7-5-12)15(14-8-9-14)16(17)18-3/h4-7,11,14-15H,8-10H2,1-3H3. The predicted molar refractivity (Wildman–Crippen MR) is 72.5 cm³/mol. The molecule has 1 atom stereocenters. The fraction of sp³-hybridized carbons (Fsp3) is 0.562. The van der Waals surface area contributed by atoms with E-state index in [1.54, 1.807) is 0 Å². The van der Waals surface area contributed by atoms with Crippen LogP contribution in [0.15, 0.2) is 24.3 Å². The molecule has 1 aromatic carbocycles. The van der Waals surface area contributed by atoms with Gasteiger partial charge in [0.1, 0.15) is 0 Å². The molecule has 1 saturated carbocycles. The highest BCUT2D eigenvalue weighted by molar-refractivity contribution is 5.78. The molecule has 18 heavy (non-hydrogen) atoms. The molecule has 2 heteroatoms. The number of benzene rings is 1. The van der Waals surface area contributed by atoms with E-state index in [2.05, 4.69) is 38.1 Å². The average molecular weight is 246 g/mol. The van der Waals surface area contributed by atoms with Crippen molar-refractivity contribution in [3.8, 4) is 0 Å². The Labute approximate surface area is 109 Å². The molecule has 0 N–H and O–H groups in total. The maximum Gasteiger partial charge on any atom is 0.313 e. The largest absolute Gasteiger partial charge is 0.469 e. The van der Waals surface area contributed by atoms with E-state index in [0.29, 0.717) is 11.8 Å². The van der Waals surface area contributed by atoms with Gasteiger partial charge in [-0.15, -0.1) is 0 Å². The fourth-order valence-electron chi connectivity index (χ4n) is 2.49. The lowest BCUT2D eigenvalue weighted by Gasteiger charge is -2.15. The van der Waals surface area contributed by atoms with Gasteiger partial charge >= 0.3 is 5.97 Å². The molecular weight excluding hydrogens is 224 g/mol. The van der Waals surface area contributed by atoms with Crippen LogP contribution in [-0.2, 0) is 16.0 Å². The van der Waals surface area contributed by atoms with Gasteiger partial charge in [0.2, 0.25) is 0 Å². The SMILES string of the molecule is COC(=O)C(c1ccc(CC(C)C)cc1)C1CC1. The van der Waals surface area contributed by atoms with Crippen LogP contribution in [0.25, 0.3) is 0 Å². The van der Waals surface area contributed by atoms with E-state index in [4.69, 9.17) is 4.74 Å². The van der Waals surface area contributed by atoms with Gasteiger partial charge < -0.3 is 4.74 Å². The van der Waals surface area contributed by atoms with E-state index < -0.39 is 0 Å². The molecular formula is C16H22O2. The molecule has 0 aliphatic heterocycles. The zero-order valence-electron chi connectivity index (χ0n) is 11.5. The molecule has 98 valence electrons. The van der Waals surface area contributed by atoms with Crippen LogP contribution in [0, 0.1) is 11.8 Å². The van der Waals surface area contributed by atoms with Gasteiger partial charge in [0, 0.05) is 0 Å². The minimum atomic E-state index is -0.0888. The Morgan fingerprint density at radius 1 is 1.28 bits per heavy atom. The molecule has 2 rings (SSSR count). The summed E-state index contributed by atoms with van der Waals surface area (Å²) in [6.45, 7) is 4.44. The number of carbonyl (C=O) groups is 1. The zero-order chi connectivity index (χ0) is 13.1. The summed E-state index contributed by atoms with van der Waals surface area (Å²) in [7, 11) is 1.48. The molecule has 1 aliphatic carbocycles. The second-order valence-corrected chi connectivity index (χ2v) is 5.68. The quantitative estimate of drug-likeness (QED) is 0.743. The monoisotopic (exact) mass is 246 g/mol. The van der Waals surface area contributed by atoms with Gasteiger partial charge in [0.05, 0.1) is 13.0 Å². The second kappa shape index (κ2) is 5.55. The third-order valence-electron chi connectivity index (χ3n) is 3.53. The van der Waals surface area contributed by atoms with Gasteiger partial charge in [0.15, 0.2) is 0 Å². The first-order valence-corrected chi connectivity index (χ1v) is 6.78. The first kappa shape index (κ1) is 13.1. The van der Waals surface area contributed by atoms with Crippen molar-refractivity contribution in [2.24, 2.45) is 11.8 Å². The average Bonchev–Trinajstić information content (AvgIpc) is 3.15. The van der Waals surface area contributed by atoms with Gasteiger partial charge in [-0.2, -0.15) is 0 Å². The lowest BCUT2D eigenvalue weighted by Crippen LogP contribution is -2.16. The first-order valence-electron chi connectivity index (χ1n) is 6.78. The number of hydrogen-bond donors (Lipinski definition) is 0. The number of carbonyl (C=O) groups excluding carboxylic acids is 1. The highest BCUT2D eigenvalue weighted by Gasteiger charge is 2.37. The third kappa shape index (κ3) is 3.12. The van der Waals surface area contributed by atoms with Gasteiger partial charge in [-0.3, -0.25) is 4.79 Å². The minimum Gasteiger partial charge on any atom is -0.469 e. The van der Waals surface area contributed by atoms with Crippen molar-refractivity contribution in [2.75, 3.05) is 7.11 Å². The van der Waals surface area contributed by atoms with Crippen molar-refractivity contribution in [2.45, 2.75) is 39.0 Å². The summed E-state index contributed by atoms with van der Waals surface area (Å²) in [4.78, 5) is 11.8. The molecule has 1 unspecified atom stereocenters. The first-order chi connectivity index (χ1) is 8.61. The molecule has 0 radical (unpaired) electrons. The maximum atomic E-state index is 11.8. The van der Waals surface area contributed by atoms with E-state index in [0.717, 1.165) is 24.8 Å². The van der Waals surface area contributed by atoms with Gasteiger partial charge in [-0.25, -0.2) is 0 Å². The van der Waals surface area contributed by atoms with Crippen molar-refractivity contribution in [1.82, 2.24) is 0 Å². The number of hydrogen-bond acceptors (Lipinski definition) is 2. The van der Waals surface area contributed by atoms with Crippen LogP contribution in [0.4, 0.5) is 0 Å². The summed E-state index contributed by atoms with van der Waals surface area (Å²) < 4.78 is 4.92. The van der Waals surface area contributed by atoms with Gasteiger partial charge in [-0.05, 0) is 42.2 Å². The molecule has 0 saturated heterocycles. The lowest BCUT2D eigenvalue weighted by molar-refractivity contribution is -0.143. The summed E-state index contributed by atoms with van der Waals surface area (Å²) in [5.74, 6) is 1.02. The molecule has 1 fully saturated rings. The summed E-state index contributed by atoms with van der Waals surface area (Å²) in [5.41, 5.74) is 2.45. The summed E-state index contributed by atoms with van der Waals surface area (Å²) in [6.07, 6.45) is 3.38. The van der Waals surface area contributed by atoms with Gasteiger partial charge in [-0.1, -0.05) is 38.1 Å². The van der Waals surface area contributed by atoms with E-state index in [-0.39, 0.29) is 11.9 Å². The number of rotatable bonds is 5. The van der Waals surface area contributed by atoms with Crippen LogP contribution in [0.3, 0.4) is 0 Å². The topological polar surface area (TPSA) is 26.3 Å². The molecule has 0 amide bonds. The van der Waals surface area contributed by atoms with E-state index in [1.165, 1.54) is 12.7 Å². The highest BCUT2D eigenvalue weighted by atomic mass is 16.5. The molecule has 0 bridgehead atoms. The molecule has 1 aliphatic rings. The molecule has 0 spiro atoms. The van der Waals surface area contributed by atoms with Crippen molar-refractivity contribution >= 4 is 5.97 Å². The Morgan fingerprint density at radius 2 is 1.89 bits per heavy atom. The summed E-state index contributed by atoms with van der Waals surface area (Å²) in [5, 5.41) is 0. The summed E-state index contributed by atoms with van der Waals surface area (Å²) >= 11 is 0. The Bertz CT molecular complexity index is 402. The molecule has 0 aromatic heterocycles. The fourth-order valence-corrected chi connectivity index (χ4v) is 2.49. The molecule has 1 aromatic rings. The van der Waals surface area contributed by atoms with Crippen molar-refractivity contribution in [3.05, 3.63) is 35.4 Å². The van der Waals surface area contributed by atoms with Crippen molar-refractivity contribution in [3.63, 3.8) is 0 Å². The number of esters is 1. The summed E-state index contributed by atoms with van der Waals surface area (Å²) in [6, 6.07) is 8.48. The molecule has 0 heterocycles. The van der Waals surface area contributed by atoms with E-state index in [1.807, 2.05) is 0 Å². The highest BCUT2D eigenvalue weighted by Crippen LogP contribution is 2.43. The second-order valence-electron chi connectivity index (χ2n) is 5.68. The van der Waals surface area contributed by atoms with Crippen LogP contribution >= 0.6 is 0 Å². The Kier molecular flexibility index (Phi) is 4.05. The molecule has 2 nitrogen and oxygen atoms in total. The Hall–Kier alpha value is -1.31. The van der Waals surface area contributed by atoms with Crippen LogP contribution < -0.4 is 0 Å². The zero-order valence-corrected chi connectivity index (χ0v) is 11.5. The smallest absolute Gasteiger partial charge is 0.313 e. The van der Waals surface area contributed by atoms with Crippen molar-refractivity contribution in [1.29, 1.82) is 0 Å². The number of methoxy groups -OCH3 is 1. The van der Waals surface area contributed by atoms with Gasteiger partial charge in [0.25, 0.3) is 0 Å². The lowest BCUT2D eigenvalue weighted by atomic mass is 9.92. The predicted octanol–water partition coefficient (Wildman–Crippen LogP) is 3.55.